The number of hydrogen-bond acceptors (Lipinski definition) is 4. The molecule has 5 aromatic rings. The van der Waals surface area contributed by atoms with Crippen molar-refractivity contribution < 1.29 is 13.6 Å². The molecule has 1 aromatic carbocycles. The van der Waals surface area contributed by atoms with Crippen LogP contribution in [0.15, 0.2) is 53.7 Å². The van der Waals surface area contributed by atoms with E-state index in [9.17, 15) is 18.4 Å². The second kappa shape index (κ2) is 7.23. The van der Waals surface area contributed by atoms with E-state index < -0.39 is 23.0 Å². The molecule has 0 aliphatic heterocycles. The number of nitrogens with zero attached hydrogens (tertiary/aromatic N) is 4. The minimum atomic E-state index is -0.939. The summed E-state index contributed by atoms with van der Waals surface area (Å²) in [6.45, 7) is 3.60. The second-order valence-electron chi connectivity index (χ2n) is 7.68. The first-order valence-electron chi connectivity index (χ1n) is 9.84. The van der Waals surface area contributed by atoms with Gasteiger partial charge in [0.1, 0.15) is 17.2 Å². The quantitative estimate of drug-likeness (QED) is 0.440. The van der Waals surface area contributed by atoms with Crippen molar-refractivity contribution in [3.05, 3.63) is 99.0 Å². The maximum absolute atomic E-state index is 14.3. The van der Waals surface area contributed by atoms with Crippen LogP contribution in [0.5, 0.6) is 0 Å². The van der Waals surface area contributed by atoms with Gasteiger partial charge in [-0.1, -0.05) is 0 Å². The monoisotopic (exact) mass is 433 g/mol. The Kier molecular flexibility index (Phi) is 4.47. The van der Waals surface area contributed by atoms with Gasteiger partial charge < -0.3 is 9.55 Å². The average Bonchev–Trinajstić information content (AvgIpc) is 3.33. The number of pyridine rings is 1. The fourth-order valence-electron chi connectivity index (χ4n) is 3.80. The average molecular weight is 433 g/mol. The molecule has 1 N–H and O–H groups in total. The van der Waals surface area contributed by atoms with Gasteiger partial charge in [0.25, 0.3) is 5.56 Å². The molecular weight excluding hydrogens is 416 g/mol. The van der Waals surface area contributed by atoms with Crippen LogP contribution in [0.1, 0.15) is 32.9 Å². The molecule has 9 heteroatoms. The Bertz CT molecular complexity index is 1570. The van der Waals surface area contributed by atoms with Crippen molar-refractivity contribution in [1.29, 1.82) is 0 Å². The van der Waals surface area contributed by atoms with Crippen molar-refractivity contribution in [2.24, 2.45) is 0 Å². The number of fused-ring (bicyclic) bond motifs is 2. The summed E-state index contributed by atoms with van der Waals surface area (Å²) in [4.78, 5) is 33.1. The largest absolute Gasteiger partial charge is 0.356 e. The molecule has 0 saturated heterocycles. The Morgan fingerprint density at radius 2 is 1.88 bits per heavy atom. The molecule has 7 nitrogen and oxygen atoms in total. The molecule has 0 saturated carbocycles. The molecule has 0 unspecified atom stereocenters. The van der Waals surface area contributed by atoms with Crippen LogP contribution in [0.25, 0.3) is 16.6 Å². The number of nitrogens with one attached hydrogen (secondary N) is 1. The number of aromatic nitrogens is 5. The first kappa shape index (κ1) is 19.8. The van der Waals surface area contributed by atoms with Crippen molar-refractivity contribution in [3.63, 3.8) is 0 Å². The van der Waals surface area contributed by atoms with Gasteiger partial charge in [0.05, 0.1) is 29.7 Å². The van der Waals surface area contributed by atoms with Gasteiger partial charge >= 0.3 is 0 Å². The Hall–Kier alpha value is -4.14. The lowest BCUT2D eigenvalue weighted by Crippen LogP contribution is -2.20. The van der Waals surface area contributed by atoms with Gasteiger partial charge in [-0.2, -0.15) is 5.10 Å². The van der Waals surface area contributed by atoms with Crippen LogP contribution < -0.4 is 5.56 Å². The number of H-pyrrole nitrogens is 1. The Balaban J connectivity index is 1.53. The predicted octanol–water partition coefficient (Wildman–Crippen LogP) is 3.55. The second-order valence-corrected chi connectivity index (χ2v) is 7.68. The summed E-state index contributed by atoms with van der Waals surface area (Å²) in [6, 6.07) is 7.46. The first-order valence-corrected chi connectivity index (χ1v) is 9.84. The van der Waals surface area contributed by atoms with Crippen LogP contribution in [0, 0.1) is 25.5 Å². The van der Waals surface area contributed by atoms with E-state index in [2.05, 4.69) is 15.1 Å². The molecule has 0 amide bonds. The standard InChI is InChI=1S/C23H17F2N5O2/c1-12-7-17(24)20(18(25)8-12)22(31)16-9-26-21-15(16)5-6-29(23(21)32)10-14-11-30-19(27-14)4-3-13(2)28-30/h3-9,11,26H,10H2,1-2H3. The summed E-state index contributed by atoms with van der Waals surface area (Å²) in [5, 5.41) is 4.64. The van der Waals surface area contributed by atoms with Crippen molar-refractivity contribution in [1.82, 2.24) is 24.1 Å². The number of aromatic amines is 1. The number of carbonyl (C=O) groups excluding carboxylic acids is 1. The highest BCUT2D eigenvalue weighted by atomic mass is 19.1. The van der Waals surface area contributed by atoms with Gasteiger partial charge in [-0.15, -0.1) is 0 Å². The first-order chi connectivity index (χ1) is 15.3. The highest BCUT2D eigenvalue weighted by Crippen LogP contribution is 2.23. The minimum Gasteiger partial charge on any atom is -0.356 e. The van der Waals surface area contributed by atoms with Crippen molar-refractivity contribution in [2.75, 3.05) is 0 Å². The molecule has 0 atom stereocenters. The van der Waals surface area contributed by atoms with Crippen LogP contribution in [0.4, 0.5) is 8.78 Å². The highest BCUT2D eigenvalue weighted by molar-refractivity contribution is 6.16. The van der Waals surface area contributed by atoms with Crippen molar-refractivity contribution in [3.8, 4) is 0 Å². The molecule has 5 rings (SSSR count). The van der Waals surface area contributed by atoms with E-state index in [1.54, 1.807) is 16.8 Å². The topological polar surface area (TPSA) is 85.0 Å². The van der Waals surface area contributed by atoms with Gasteiger partial charge in [0, 0.05) is 23.3 Å². The van der Waals surface area contributed by atoms with E-state index in [0.29, 0.717) is 22.3 Å². The zero-order valence-electron chi connectivity index (χ0n) is 17.2. The number of benzene rings is 1. The van der Waals surface area contributed by atoms with Crippen LogP contribution in [-0.2, 0) is 6.54 Å². The minimum absolute atomic E-state index is 0.0262. The van der Waals surface area contributed by atoms with E-state index in [1.165, 1.54) is 23.9 Å². The molecule has 0 spiro atoms. The lowest BCUT2D eigenvalue weighted by molar-refractivity contribution is 0.103. The summed E-state index contributed by atoms with van der Waals surface area (Å²) >= 11 is 0. The summed E-state index contributed by atoms with van der Waals surface area (Å²) in [6.07, 6.45) is 4.57. The molecule has 160 valence electrons. The Morgan fingerprint density at radius 1 is 1.12 bits per heavy atom. The summed E-state index contributed by atoms with van der Waals surface area (Å²) in [5.74, 6) is -2.71. The lowest BCUT2D eigenvalue weighted by atomic mass is 10.0. The van der Waals surface area contributed by atoms with Gasteiger partial charge in [-0.3, -0.25) is 9.59 Å². The van der Waals surface area contributed by atoms with Gasteiger partial charge in [0.2, 0.25) is 5.78 Å². The lowest BCUT2D eigenvalue weighted by Gasteiger charge is -2.06. The van der Waals surface area contributed by atoms with E-state index in [4.69, 9.17) is 0 Å². The number of carbonyl (C=O) groups is 1. The molecule has 0 fully saturated rings. The number of halogens is 2. The van der Waals surface area contributed by atoms with E-state index in [1.807, 2.05) is 19.1 Å². The normalized spacial score (nSPS) is 11.5. The van der Waals surface area contributed by atoms with E-state index in [0.717, 1.165) is 17.8 Å². The molecular formula is C23H17F2N5O2. The molecule has 4 aromatic heterocycles. The Labute approximate surface area is 180 Å². The maximum atomic E-state index is 14.3. The zero-order chi connectivity index (χ0) is 22.6. The highest BCUT2D eigenvalue weighted by Gasteiger charge is 2.23. The molecule has 0 bridgehead atoms. The van der Waals surface area contributed by atoms with Gasteiger partial charge in [0.15, 0.2) is 5.65 Å². The number of aryl methyl sites for hydroxylation is 2. The van der Waals surface area contributed by atoms with Gasteiger partial charge in [-0.25, -0.2) is 18.3 Å². The fraction of sp³-hybridized carbons (Fsp3) is 0.130. The third-order valence-corrected chi connectivity index (χ3v) is 5.31. The van der Waals surface area contributed by atoms with Crippen molar-refractivity contribution in [2.45, 2.75) is 20.4 Å². The molecule has 0 radical (unpaired) electrons. The zero-order valence-corrected chi connectivity index (χ0v) is 17.2. The van der Waals surface area contributed by atoms with Crippen LogP contribution in [0.2, 0.25) is 0 Å². The summed E-state index contributed by atoms with van der Waals surface area (Å²) in [5.41, 5.74) is 1.67. The third-order valence-electron chi connectivity index (χ3n) is 5.31. The SMILES string of the molecule is Cc1cc(F)c(C(=O)c2c[nH]c3c(=O)n(Cc4cn5nc(C)ccc5n4)ccc23)c(F)c1. The number of ketones is 1. The molecule has 0 aliphatic carbocycles. The van der Waals surface area contributed by atoms with Crippen LogP contribution in [0.3, 0.4) is 0 Å². The number of rotatable bonds is 4. The number of hydrogen-bond donors (Lipinski definition) is 1. The molecule has 0 aliphatic rings. The van der Waals surface area contributed by atoms with Gasteiger partial charge in [-0.05, 0) is 49.7 Å². The Morgan fingerprint density at radius 3 is 2.62 bits per heavy atom. The fourth-order valence-corrected chi connectivity index (χ4v) is 3.80. The maximum Gasteiger partial charge on any atom is 0.275 e. The predicted molar refractivity (Wildman–Crippen MR) is 114 cm³/mol. The third kappa shape index (κ3) is 3.18. The van der Waals surface area contributed by atoms with Crippen LogP contribution in [-0.4, -0.2) is 29.9 Å². The summed E-state index contributed by atoms with van der Waals surface area (Å²) in [7, 11) is 0. The molecule has 32 heavy (non-hydrogen) atoms. The van der Waals surface area contributed by atoms with E-state index in [-0.39, 0.29) is 23.2 Å². The van der Waals surface area contributed by atoms with E-state index >= 15 is 0 Å². The smallest absolute Gasteiger partial charge is 0.275 e. The molecule has 4 heterocycles. The summed E-state index contributed by atoms with van der Waals surface area (Å²) < 4.78 is 31.7. The number of imidazole rings is 1. The van der Waals surface area contributed by atoms with Crippen molar-refractivity contribution >= 4 is 22.3 Å². The van der Waals surface area contributed by atoms with Crippen LogP contribution >= 0.6 is 0 Å².